The van der Waals surface area contributed by atoms with Crippen LogP contribution < -0.4 is 0 Å². The maximum Gasteiger partial charge on any atom is 0.271 e. The van der Waals surface area contributed by atoms with Crippen LogP contribution in [0.1, 0.15) is 12.0 Å². The normalized spacial score (nSPS) is 10.1. The van der Waals surface area contributed by atoms with Gasteiger partial charge in [-0.05, 0) is 24.5 Å². The Hall–Kier alpha value is -0.610. The molecule has 0 aliphatic rings. The smallest absolute Gasteiger partial charge is 0.258 e. The molecule has 0 fully saturated rings. The van der Waals surface area contributed by atoms with Crippen molar-refractivity contribution in [2.24, 2.45) is 0 Å². The summed E-state index contributed by atoms with van der Waals surface area (Å²) in [6, 6.07) is 4.69. The first kappa shape index (κ1) is 11.5. The maximum atomic E-state index is 10.5. The Labute approximate surface area is 95.4 Å². The van der Waals surface area contributed by atoms with Crippen molar-refractivity contribution in [3.8, 4) is 0 Å². The number of halogens is 2. The van der Waals surface area contributed by atoms with E-state index in [2.05, 4.69) is 15.9 Å². The molecule has 5 heteroatoms. The summed E-state index contributed by atoms with van der Waals surface area (Å²) in [5.74, 6) is 0. The van der Waals surface area contributed by atoms with E-state index in [1.807, 2.05) is 0 Å². The molecular formula is C9H9BrClNO2. The summed E-state index contributed by atoms with van der Waals surface area (Å²) in [5.41, 5.74) is 0.964. The van der Waals surface area contributed by atoms with Gasteiger partial charge in [0.25, 0.3) is 5.69 Å². The predicted molar refractivity (Wildman–Crippen MR) is 60.2 cm³/mol. The highest BCUT2D eigenvalue weighted by Crippen LogP contribution is 2.21. The van der Waals surface area contributed by atoms with Gasteiger partial charge in [0.1, 0.15) is 0 Å². The third-order valence-corrected chi connectivity index (χ3v) is 2.53. The third kappa shape index (κ3) is 3.27. The van der Waals surface area contributed by atoms with Crippen LogP contribution in [-0.4, -0.2) is 10.3 Å². The average molecular weight is 279 g/mol. The Balaban J connectivity index is 2.89. The number of hydrogen-bond donors (Lipinski definition) is 0. The van der Waals surface area contributed by atoms with Crippen LogP contribution in [-0.2, 0) is 6.42 Å². The van der Waals surface area contributed by atoms with Gasteiger partial charge in [-0.1, -0.05) is 27.5 Å². The van der Waals surface area contributed by atoms with Crippen LogP contribution in [0.4, 0.5) is 5.69 Å². The highest BCUT2D eigenvalue weighted by molar-refractivity contribution is 9.09. The van der Waals surface area contributed by atoms with Crippen molar-refractivity contribution >= 4 is 33.2 Å². The molecule has 0 atom stereocenters. The van der Waals surface area contributed by atoms with Gasteiger partial charge in [-0.3, -0.25) is 10.1 Å². The van der Waals surface area contributed by atoms with Crippen molar-refractivity contribution in [1.82, 2.24) is 0 Å². The van der Waals surface area contributed by atoms with Gasteiger partial charge in [0.05, 0.1) is 4.92 Å². The second-order valence-corrected chi connectivity index (χ2v) is 4.10. The molecule has 0 unspecified atom stereocenters. The minimum absolute atomic E-state index is 0.0575. The van der Waals surface area contributed by atoms with E-state index in [1.54, 1.807) is 12.1 Å². The Kier molecular flexibility index (Phi) is 4.35. The van der Waals surface area contributed by atoms with E-state index >= 15 is 0 Å². The summed E-state index contributed by atoms with van der Waals surface area (Å²) in [6.07, 6.45) is 1.74. The molecule has 0 aliphatic carbocycles. The van der Waals surface area contributed by atoms with Crippen LogP contribution in [0.15, 0.2) is 18.2 Å². The first-order valence-electron chi connectivity index (χ1n) is 4.13. The molecule has 0 aliphatic heterocycles. The molecule has 3 nitrogen and oxygen atoms in total. The molecule has 0 N–H and O–H groups in total. The van der Waals surface area contributed by atoms with Gasteiger partial charge in [0.2, 0.25) is 0 Å². The highest BCUT2D eigenvalue weighted by atomic mass is 79.9. The highest BCUT2D eigenvalue weighted by Gasteiger charge is 2.08. The number of benzene rings is 1. The molecule has 0 spiro atoms. The number of rotatable bonds is 4. The number of non-ortho nitro benzene ring substituents is 1. The molecule has 0 saturated carbocycles. The molecule has 0 amide bonds. The van der Waals surface area contributed by atoms with Crippen molar-refractivity contribution in [2.75, 3.05) is 5.33 Å². The number of nitro groups is 1. The van der Waals surface area contributed by atoms with Crippen molar-refractivity contribution in [3.63, 3.8) is 0 Å². The number of aryl methyl sites for hydroxylation is 1. The zero-order chi connectivity index (χ0) is 10.6. The van der Waals surface area contributed by atoms with Crippen LogP contribution in [0.3, 0.4) is 0 Å². The van der Waals surface area contributed by atoms with Crippen LogP contribution in [0, 0.1) is 10.1 Å². The number of hydrogen-bond acceptors (Lipinski definition) is 2. The van der Waals surface area contributed by atoms with Gasteiger partial charge in [-0.15, -0.1) is 0 Å². The fraction of sp³-hybridized carbons (Fsp3) is 0.333. The van der Waals surface area contributed by atoms with E-state index in [1.165, 1.54) is 6.07 Å². The van der Waals surface area contributed by atoms with Crippen LogP contribution >= 0.6 is 27.5 Å². The Bertz CT molecular complexity index is 344. The van der Waals surface area contributed by atoms with Crippen LogP contribution in [0.25, 0.3) is 0 Å². The lowest BCUT2D eigenvalue weighted by atomic mass is 10.1. The van der Waals surface area contributed by atoms with Crippen molar-refractivity contribution in [2.45, 2.75) is 12.8 Å². The number of alkyl halides is 1. The lowest BCUT2D eigenvalue weighted by Crippen LogP contribution is -1.92. The van der Waals surface area contributed by atoms with Gasteiger partial charge in [-0.2, -0.15) is 0 Å². The molecule has 76 valence electrons. The average Bonchev–Trinajstić information content (AvgIpc) is 2.14. The summed E-state index contributed by atoms with van der Waals surface area (Å²) in [7, 11) is 0. The summed E-state index contributed by atoms with van der Waals surface area (Å²) in [4.78, 5) is 10.1. The van der Waals surface area contributed by atoms with Gasteiger partial charge in [-0.25, -0.2) is 0 Å². The summed E-state index contributed by atoms with van der Waals surface area (Å²) in [5, 5.41) is 11.8. The molecular weight excluding hydrogens is 269 g/mol. The van der Waals surface area contributed by atoms with E-state index in [0.717, 1.165) is 23.7 Å². The van der Waals surface area contributed by atoms with E-state index in [0.29, 0.717) is 5.02 Å². The minimum Gasteiger partial charge on any atom is -0.258 e. The molecule has 1 rings (SSSR count). The third-order valence-electron chi connectivity index (χ3n) is 1.75. The molecule has 14 heavy (non-hydrogen) atoms. The van der Waals surface area contributed by atoms with Gasteiger partial charge < -0.3 is 0 Å². The fourth-order valence-corrected chi connectivity index (χ4v) is 1.69. The van der Waals surface area contributed by atoms with Gasteiger partial charge in [0.15, 0.2) is 0 Å². The van der Waals surface area contributed by atoms with Crippen LogP contribution in [0.5, 0.6) is 0 Å². The van der Waals surface area contributed by atoms with E-state index in [9.17, 15) is 10.1 Å². The zero-order valence-electron chi connectivity index (χ0n) is 7.37. The Morgan fingerprint density at radius 2 is 2.14 bits per heavy atom. The maximum absolute atomic E-state index is 10.5. The number of nitrogens with zero attached hydrogens (tertiary/aromatic N) is 1. The molecule has 0 heterocycles. The molecule has 0 saturated heterocycles. The second-order valence-electron chi connectivity index (χ2n) is 2.87. The standard InChI is InChI=1S/C9H9BrClNO2/c10-3-1-2-7-4-8(11)6-9(5-7)12(13)14/h4-6H,1-3H2. The lowest BCUT2D eigenvalue weighted by Gasteiger charge is -2.00. The van der Waals surface area contributed by atoms with Crippen molar-refractivity contribution in [1.29, 1.82) is 0 Å². The monoisotopic (exact) mass is 277 g/mol. The Morgan fingerprint density at radius 1 is 1.43 bits per heavy atom. The van der Waals surface area contributed by atoms with E-state index < -0.39 is 4.92 Å². The lowest BCUT2D eigenvalue weighted by molar-refractivity contribution is -0.384. The molecule has 0 radical (unpaired) electrons. The largest absolute Gasteiger partial charge is 0.271 e. The zero-order valence-corrected chi connectivity index (χ0v) is 9.71. The predicted octanol–water partition coefficient (Wildman–Crippen LogP) is 3.58. The molecule has 0 bridgehead atoms. The number of nitro benzene ring substituents is 1. The first-order valence-corrected chi connectivity index (χ1v) is 5.63. The van der Waals surface area contributed by atoms with E-state index in [4.69, 9.17) is 11.6 Å². The van der Waals surface area contributed by atoms with Gasteiger partial charge >= 0.3 is 0 Å². The minimum atomic E-state index is -0.427. The summed E-state index contributed by atoms with van der Waals surface area (Å²) < 4.78 is 0. The molecule has 1 aromatic rings. The van der Waals surface area contributed by atoms with Crippen molar-refractivity contribution in [3.05, 3.63) is 38.9 Å². The quantitative estimate of drug-likeness (QED) is 0.480. The van der Waals surface area contributed by atoms with E-state index in [-0.39, 0.29) is 5.69 Å². The Morgan fingerprint density at radius 3 is 2.71 bits per heavy atom. The second kappa shape index (κ2) is 5.32. The van der Waals surface area contributed by atoms with Crippen LogP contribution in [0.2, 0.25) is 5.02 Å². The fourth-order valence-electron chi connectivity index (χ4n) is 1.15. The summed E-state index contributed by atoms with van der Waals surface area (Å²) >= 11 is 9.06. The molecule has 1 aromatic carbocycles. The summed E-state index contributed by atoms with van der Waals surface area (Å²) in [6.45, 7) is 0. The van der Waals surface area contributed by atoms with Gasteiger partial charge in [0, 0.05) is 22.5 Å². The van der Waals surface area contributed by atoms with Crippen molar-refractivity contribution < 1.29 is 4.92 Å². The topological polar surface area (TPSA) is 43.1 Å². The SMILES string of the molecule is O=[N+]([O-])c1cc(Cl)cc(CCCBr)c1. The molecule has 0 aromatic heterocycles. The first-order chi connectivity index (χ1) is 6.63.